The summed E-state index contributed by atoms with van der Waals surface area (Å²) in [7, 11) is 0. The third-order valence-corrected chi connectivity index (χ3v) is 5.59. The van der Waals surface area contributed by atoms with Crippen LogP contribution in [0.3, 0.4) is 0 Å². The maximum absolute atomic E-state index is 12.5. The van der Waals surface area contributed by atoms with E-state index in [4.69, 9.17) is 14.2 Å². The zero-order valence-electron chi connectivity index (χ0n) is 18.0. The normalized spacial score (nSPS) is 18.1. The van der Waals surface area contributed by atoms with Crippen LogP contribution in [0.25, 0.3) is 0 Å². The molecule has 0 heterocycles. The van der Waals surface area contributed by atoms with Crippen molar-refractivity contribution in [2.45, 2.75) is 45.4 Å². The number of ether oxygens (including phenoxy) is 3. The van der Waals surface area contributed by atoms with Crippen molar-refractivity contribution in [2.75, 3.05) is 6.61 Å². The molecule has 0 atom stereocenters. The van der Waals surface area contributed by atoms with Gasteiger partial charge in [-0.2, -0.15) is 0 Å². The second-order valence-corrected chi connectivity index (χ2v) is 7.91. The predicted octanol–water partition coefficient (Wildman–Crippen LogP) is 5.98. The summed E-state index contributed by atoms with van der Waals surface area (Å²) in [4.78, 5) is 24.8. The van der Waals surface area contributed by atoms with Crippen LogP contribution in [0.1, 0.15) is 55.8 Å². The molecular formula is C26H30O5. The molecule has 3 rings (SSSR count). The highest BCUT2D eigenvalue weighted by atomic mass is 16.5. The molecule has 0 unspecified atom stereocenters. The minimum Gasteiger partial charge on any atom is -0.490 e. The van der Waals surface area contributed by atoms with Gasteiger partial charge in [0.05, 0.1) is 11.5 Å². The molecule has 164 valence electrons. The van der Waals surface area contributed by atoms with Gasteiger partial charge < -0.3 is 14.2 Å². The monoisotopic (exact) mass is 422 g/mol. The first-order valence-corrected chi connectivity index (χ1v) is 11.0. The van der Waals surface area contributed by atoms with Crippen molar-refractivity contribution < 1.29 is 23.8 Å². The van der Waals surface area contributed by atoms with Gasteiger partial charge in [-0.25, -0.2) is 4.79 Å². The molecule has 2 aromatic carbocycles. The van der Waals surface area contributed by atoms with Gasteiger partial charge in [-0.15, -0.1) is 0 Å². The van der Waals surface area contributed by atoms with Gasteiger partial charge in [0.1, 0.15) is 23.9 Å². The Hall–Kier alpha value is -3.08. The van der Waals surface area contributed by atoms with E-state index in [1.54, 1.807) is 54.6 Å². The molecule has 0 amide bonds. The molecule has 1 aliphatic carbocycles. The Morgan fingerprint density at radius 3 is 2.10 bits per heavy atom. The molecule has 0 radical (unpaired) electrons. The summed E-state index contributed by atoms with van der Waals surface area (Å²) >= 11 is 0. The lowest BCUT2D eigenvalue weighted by molar-refractivity contribution is -0.140. The minimum absolute atomic E-state index is 0.0313. The molecule has 1 saturated carbocycles. The molecule has 0 saturated heterocycles. The predicted molar refractivity (Wildman–Crippen MR) is 120 cm³/mol. The van der Waals surface area contributed by atoms with Crippen molar-refractivity contribution in [3.63, 3.8) is 0 Å². The molecule has 0 aromatic heterocycles. The topological polar surface area (TPSA) is 61.8 Å². The third-order valence-electron chi connectivity index (χ3n) is 5.59. The first-order chi connectivity index (χ1) is 15.1. The average molecular weight is 423 g/mol. The number of rotatable bonds is 9. The van der Waals surface area contributed by atoms with Crippen LogP contribution in [0.5, 0.6) is 17.2 Å². The van der Waals surface area contributed by atoms with Crippen molar-refractivity contribution in [2.24, 2.45) is 11.8 Å². The Kier molecular flexibility index (Phi) is 8.27. The fourth-order valence-corrected chi connectivity index (χ4v) is 3.88. The number of carbonyl (C=O) groups is 2. The summed E-state index contributed by atoms with van der Waals surface area (Å²) < 4.78 is 16.3. The lowest BCUT2D eigenvalue weighted by Gasteiger charge is -2.26. The summed E-state index contributed by atoms with van der Waals surface area (Å²) in [6, 6.07) is 13.3. The molecule has 31 heavy (non-hydrogen) atoms. The SMILES string of the molecule is C=CCOc1ccc(OC(=O)c2ccc(OC(=O)C3CCC(CCC)CC3)cc2)cc1. The zero-order valence-corrected chi connectivity index (χ0v) is 18.0. The smallest absolute Gasteiger partial charge is 0.343 e. The van der Waals surface area contributed by atoms with E-state index in [2.05, 4.69) is 13.5 Å². The Labute approximate surface area is 184 Å². The molecule has 0 bridgehead atoms. The van der Waals surface area contributed by atoms with Gasteiger partial charge in [0.2, 0.25) is 0 Å². The quantitative estimate of drug-likeness (QED) is 0.282. The van der Waals surface area contributed by atoms with E-state index in [-0.39, 0.29) is 11.9 Å². The summed E-state index contributed by atoms with van der Waals surface area (Å²) in [5, 5.41) is 0. The molecule has 0 N–H and O–H groups in total. The van der Waals surface area contributed by atoms with Crippen molar-refractivity contribution >= 4 is 11.9 Å². The third kappa shape index (κ3) is 6.71. The Bertz CT molecular complexity index is 862. The standard InChI is InChI=1S/C26H30O5/c1-3-5-19-6-8-20(9-7-19)25(27)30-23-12-10-21(11-13-23)26(28)31-24-16-14-22(15-17-24)29-18-4-2/h4,10-17,19-20H,2-3,5-9,18H2,1H3. The van der Waals surface area contributed by atoms with Crippen LogP contribution in [0.2, 0.25) is 0 Å². The van der Waals surface area contributed by atoms with Gasteiger partial charge in [0.15, 0.2) is 0 Å². The van der Waals surface area contributed by atoms with E-state index in [0.717, 1.165) is 31.6 Å². The van der Waals surface area contributed by atoms with Crippen molar-refractivity contribution in [1.82, 2.24) is 0 Å². The van der Waals surface area contributed by atoms with Crippen LogP contribution < -0.4 is 14.2 Å². The molecule has 1 aliphatic rings. The Morgan fingerprint density at radius 1 is 0.903 bits per heavy atom. The lowest BCUT2D eigenvalue weighted by Crippen LogP contribution is -2.25. The van der Waals surface area contributed by atoms with Crippen LogP contribution in [0.4, 0.5) is 0 Å². The first-order valence-electron chi connectivity index (χ1n) is 11.0. The zero-order chi connectivity index (χ0) is 22.1. The fourth-order valence-electron chi connectivity index (χ4n) is 3.88. The van der Waals surface area contributed by atoms with Gasteiger partial charge in [-0.3, -0.25) is 4.79 Å². The van der Waals surface area contributed by atoms with Gasteiger partial charge in [0.25, 0.3) is 0 Å². The highest BCUT2D eigenvalue weighted by molar-refractivity contribution is 5.91. The summed E-state index contributed by atoms with van der Waals surface area (Å²) in [6.07, 6.45) is 8.08. The van der Waals surface area contributed by atoms with Gasteiger partial charge in [0, 0.05) is 0 Å². The number of benzene rings is 2. The van der Waals surface area contributed by atoms with Crippen molar-refractivity contribution in [3.05, 3.63) is 66.7 Å². The van der Waals surface area contributed by atoms with Crippen LogP contribution in [-0.2, 0) is 4.79 Å². The first kappa shape index (κ1) is 22.6. The van der Waals surface area contributed by atoms with Crippen LogP contribution in [-0.4, -0.2) is 18.5 Å². The van der Waals surface area contributed by atoms with Crippen LogP contribution in [0.15, 0.2) is 61.2 Å². The second kappa shape index (κ2) is 11.3. The van der Waals surface area contributed by atoms with E-state index < -0.39 is 5.97 Å². The Balaban J connectivity index is 1.49. The summed E-state index contributed by atoms with van der Waals surface area (Å²) in [5.41, 5.74) is 0.381. The maximum Gasteiger partial charge on any atom is 0.343 e. The maximum atomic E-state index is 12.5. The number of esters is 2. The average Bonchev–Trinajstić information content (AvgIpc) is 2.80. The molecule has 5 nitrogen and oxygen atoms in total. The van der Waals surface area contributed by atoms with Crippen molar-refractivity contribution in [1.29, 1.82) is 0 Å². The van der Waals surface area contributed by atoms with E-state index in [1.165, 1.54) is 12.8 Å². The molecule has 1 fully saturated rings. The molecular weight excluding hydrogens is 392 g/mol. The molecule has 5 heteroatoms. The summed E-state index contributed by atoms with van der Waals surface area (Å²) in [6.45, 7) is 6.22. The van der Waals surface area contributed by atoms with E-state index >= 15 is 0 Å². The fraction of sp³-hybridized carbons (Fsp3) is 0.385. The molecule has 0 spiro atoms. The second-order valence-electron chi connectivity index (χ2n) is 7.91. The van der Waals surface area contributed by atoms with Crippen molar-refractivity contribution in [3.8, 4) is 17.2 Å². The molecule has 2 aromatic rings. The minimum atomic E-state index is -0.480. The number of hydrogen-bond donors (Lipinski definition) is 0. The van der Waals surface area contributed by atoms with Crippen LogP contribution in [0, 0.1) is 11.8 Å². The summed E-state index contributed by atoms with van der Waals surface area (Å²) in [5.74, 6) is 1.60. The van der Waals surface area contributed by atoms with Crippen LogP contribution >= 0.6 is 0 Å². The largest absolute Gasteiger partial charge is 0.490 e. The van der Waals surface area contributed by atoms with Gasteiger partial charge >= 0.3 is 11.9 Å². The number of hydrogen-bond acceptors (Lipinski definition) is 5. The van der Waals surface area contributed by atoms with Gasteiger partial charge in [-0.05, 0) is 80.1 Å². The number of carbonyl (C=O) groups excluding carboxylic acids is 2. The lowest BCUT2D eigenvalue weighted by atomic mass is 9.80. The van der Waals surface area contributed by atoms with E-state index in [1.807, 2.05) is 0 Å². The highest BCUT2D eigenvalue weighted by Crippen LogP contribution is 2.32. The molecule has 0 aliphatic heterocycles. The Morgan fingerprint density at radius 2 is 1.48 bits per heavy atom. The van der Waals surface area contributed by atoms with E-state index in [0.29, 0.717) is 29.4 Å². The highest BCUT2D eigenvalue weighted by Gasteiger charge is 2.27. The van der Waals surface area contributed by atoms with E-state index in [9.17, 15) is 9.59 Å². The van der Waals surface area contributed by atoms with Gasteiger partial charge in [-0.1, -0.05) is 32.4 Å².